The van der Waals surface area contributed by atoms with Gasteiger partial charge < -0.3 is 15.0 Å². The van der Waals surface area contributed by atoms with Crippen molar-refractivity contribution in [3.8, 4) is 23.6 Å². The molecule has 0 heterocycles. The number of nitrogens with zero attached hydrogens (tertiary/aromatic N) is 3. The number of para-hydroxylation sites is 3. The molecule has 1 amide bonds. The quantitative estimate of drug-likeness (QED) is 0.702. The fraction of sp³-hybridized carbons (Fsp3) is 0.250. The summed E-state index contributed by atoms with van der Waals surface area (Å²) in [4.78, 5) is 13.9. The van der Waals surface area contributed by atoms with Crippen LogP contribution in [0.4, 0.5) is 5.69 Å². The number of hydrogen-bond acceptors (Lipinski definition) is 5. The molecule has 2 rings (SSSR count). The maximum Gasteiger partial charge on any atom is 0.241 e. The number of nitrogens with one attached hydrogen (secondary N) is 1. The molecule has 0 fully saturated rings. The third-order valence-corrected chi connectivity index (χ3v) is 4.03. The number of nitriles is 2. The van der Waals surface area contributed by atoms with Crippen LogP contribution in [0, 0.1) is 22.7 Å². The predicted molar refractivity (Wildman–Crippen MR) is 103 cm³/mol. The summed E-state index contributed by atoms with van der Waals surface area (Å²) in [6.45, 7) is 0.632. The Morgan fingerprint density at radius 2 is 1.59 bits per heavy atom. The lowest BCUT2D eigenvalue weighted by molar-refractivity contribution is -0.129. The van der Waals surface area contributed by atoms with E-state index < -0.39 is 0 Å². The van der Waals surface area contributed by atoms with Gasteiger partial charge in [-0.05, 0) is 24.3 Å². The first-order chi connectivity index (χ1) is 13.2. The number of halogens is 1. The third kappa shape index (κ3) is 6.22. The summed E-state index contributed by atoms with van der Waals surface area (Å²) in [7, 11) is 0. The van der Waals surface area contributed by atoms with E-state index in [0.29, 0.717) is 35.3 Å². The van der Waals surface area contributed by atoms with Gasteiger partial charge in [-0.3, -0.25) is 4.79 Å². The Morgan fingerprint density at radius 3 is 2.22 bits per heavy atom. The zero-order valence-electron chi connectivity index (χ0n) is 14.7. The number of hydrogen-bond donors (Lipinski definition) is 1. The van der Waals surface area contributed by atoms with Crippen LogP contribution < -0.4 is 10.1 Å². The number of ether oxygens (including phenoxy) is 1. The molecule has 2 aromatic carbocycles. The molecule has 0 saturated carbocycles. The third-order valence-electron chi connectivity index (χ3n) is 3.71. The molecule has 2 aromatic rings. The van der Waals surface area contributed by atoms with E-state index in [-0.39, 0.29) is 25.3 Å². The van der Waals surface area contributed by atoms with Crippen molar-refractivity contribution in [2.45, 2.75) is 12.8 Å². The van der Waals surface area contributed by atoms with Crippen LogP contribution in [0.1, 0.15) is 12.8 Å². The van der Waals surface area contributed by atoms with Crippen molar-refractivity contribution >= 4 is 23.2 Å². The average Bonchev–Trinajstić information content (AvgIpc) is 2.69. The fourth-order valence-corrected chi connectivity index (χ4v) is 2.54. The minimum absolute atomic E-state index is 0.0275. The Balaban J connectivity index is 2.04. The number of benzene rings is 2. The second-order valence-corrected chi connectivity index (χ2v) is 5.99. The van der Waals surface area contributed by atoms with E-state index >= 15 is 0 Å². The molecular weight excluding hydrogens is 364 g/mol. The highest BCUT2D eigenvalue weighted by Crippen LogP contribution is 2.33. The van der Waals surface area contributed by atoms with Gasteiger partial charge in [0, 0.05) is 13.1 Å². The minimum atomic E-state index is -0.187. The molecule has 138 valence electrons. The number of carbonyl (C=O) groups excluding carboxylic acids is 1. The summed E-state index contributed by atoms with van der Waals surface area (Å²) >= 11 is 6.13. The fourth-order valence-electron chi connectivity index (χ4n) is 2.36. The standard InChI is InChI=1S/C20H19ClN4O2/c21-16-7-1-3-9-18(16)27-19-10-4-2-8-17(19)24-15-20(26)25(13-5-11-22)14-6-12-23/h1-4,7-10,24H,5-6,13-15H2. The first-order valence-corrected chi connectivity index (χ1v) is 8.80. The highest BCUT2D eigenvalue weighted by molar-refractivity contribution is 6.32. The van der Waals surface area contributed by atoms with E-state index in [2.05, 4.69) is 5.32 Å². The van der Waals surface area contributed by atoms with Crippen molar-refractivity contribution in [3.05, 3.63) is 53.6 Å². The van der Waals surface area contributed by atoms with Gasteiger partial charge in [0.2, 0.25) is 5.91 Å². The Kier molecular flexibility index (Phi) is 7.96. The normalized spacial score (nSPS) is 9.74. The lowest BCUT2D eigenvalue weighted by atomic mass is 10.2. The van der Waals surface area contributed by atoms with E-state index in [1.54, 1.807) is 24.3 Å². The largest absolute Gasteiger partial charge is 0.454 e. The van der Waals surface area contributed by atoms with Crippen molar-refractivity contribution < 1.29 is 9.53 Å². The number of anilines is 1. The summed E-state index contributed by atoms with van der Waals surface area (Å²) in [5, 5.41) is 21.0. The first kappa shape index (κ1) is 20.1. The molecule has 7 heteroatoms. The molecule has 0 aliphatic heterocycles. The first-order valence-electron chi connectivity index (χ1n) is 8.42. The second-order valence-electron chi connectivity index (χ2n) is 5.58. The minimum Gasteiger partial charge on any atom is -0.454 e. The monoisotopic (exact) mass is 382 g/mol. The van der Waals surface area contributed by atoms with Gasteiger partial charge in [-0.2, -0.15) is 10.5 Å². The molecule has 0 unspecified atom stereocenters. The van der Waals surface area contributed by atoms with Crippen LogP contribution in [0.5, 0.6) is 11.5 Å². The zero-order chi connectivity index (χ0) is 19.5. The van der Waals surface area contributed by atoms with E-state index in [4.69, 9.17) is 26.9 Å². The molecule has 0 aliphatic carbocycles. The van der Waals surface area contributed by atoms with Crippen LogP contribution in [-0.4, -0.2) is 30.4 Å². The van der Waals surface area contributed by atoms with Crippen LogP contribution in [0.2, 0.25) is 5.02 Å². The van der Waals surface area contributed by atoms with Crippen LogP contribution in [0.25, 0.3) is 0 Å². The maximum absolute atomic E-state index is 12.4. The number of amides is 1. The molecule has 0 bridgehead atoms. The van der Waals surface area contributed by atoms with Crippen molar-refractivity contribution in [2.24, 2.45) is 0 Å². The van der Waals surface area contributed by atoms with Crippen LogP contribution in [0.15, 0.2) is 48.5 Å². The molecule has 1 N–H and O–H groups in total. The van der Waals surface area contributed by atoms with Gasteiger partial charge in [-0.25, -0.2) is 0 Å². The second kappa shape index (κ2) is 10.7. The van der Waals surface area contributed by atoms with Gasteiger partial charge in [0.1, 0.15) is 5.75 Å². The Bertz CT molecular complexity index is 840. The lowest BCUT2D eigenvalue weighted by Gasteiger charge is -2.21. The van der Waals surface area contributed by atoms with E-state index in [0.717, 1.165) is 0 Å². The molecular formula is C20H19ClN4O2. The molecule has 0 aromatic heterocycles. The average molecular weight is 383 g/mol. The molecule has 0 radical (unpaired) electrons. The van der Waals surface area contributed by atoms with Crippen molar-refractivity contribution in [3.63, 3.8) is 0 Å². The summed E-state index contributed by atoms with van der Waals surface area (Å²) in [5.41, 5.74) is 0.645. The molecule has 27 heavy (non-hydrogen) atoms. The molecule has 0 aliphatic rings. The van der Waals surface area contributed by atoms with Gasteiger partial charge in [-0.1, -0.05) is 35.9 Å². The predicted octanol–water partition coefficient (Wildman–Crippen LogP) is 4.20. The van der Waals surface area contributed by atoms with Gasteiger partial charge in [0.25, 0.3) is 0 Å². The molecule has 0 saturated heterocycles. The Morgan fingerprint density at radius 1 is 1.00 bits per heavy atom. The summed E-state index contributed by atoms with van der Waals surface area (Å²) in [6, 6.07) is 18.4. The van der Waals surface area contributed by atoms with Gasteiger partial charge in [0.15, 0.2) is 5.75 Å². The molecule has 6 nitrogen and oxygen atoms in total. The smallest absolute Gasteiger partial charge is 0.241 e. The highest BCUT2D eigenvalue weighted by Gasteiger charge is 2.14. The van der Waals surface area contributed by atoms with E-state index in [1.165, 1.54) is 4.90 Å². The topological polar surface area (TPSA) is 89.2 Å². The van der Waals surface area contributed by atoms with E-state index in [9.17, 15) is 4.79 Å². The lowest BCUT2D eigenvalue weighted by Crippen LogP contribution is -2.37. The molecule has 0 atom stereocenters. The number of rotatable bonds is 9. The van der Waals surface area contributed by atoms with Gasteiger partial charge in [0.05, 0.1) is 42.2 Å². The van der Waals surface area contributed by atoms with E-state index in [1.807, 2.05) is 36.4 Å². The highest BCUT2D eigenvalue weighted by atomic mass is 35.5. The zero-order valence-corrected chi connectivity index (χ0v) is 15.4. The summed E-state index contributed by atoms with van der Waals surface area (Å²) < 4.78 is 5.86. The number of carbonyl (C=O) groups is 1. The summed E-state index contributed by atoms with van der Waals surface area (Å²) in [6.07, 6.45) is 0.451. The summed E-state index contributed by atoms with van der Waals surface area (Å²) in [5.74, 6) is 0.872. The Hall–Kier alpha value is -3.22. The SMILES string of the molecule is N#CCCN(CCC#N)C(=O)CNc1ccccc1Oc1ccccc1Cl. The van der Waals surface area contributed by atoms with Crippen LogP contribution >= 0.6 is 11.6 Å². The molecule has 0 spiro atoms. The Labute approximate surface area is 163 Å². The van der Waals surface area contributed by atoms with Gasteiger partial charge in [-0.15, -0.1) is 0 Å². The van der Waals surface area contributed by atoms with Crippen molar-refractivity contribution in [1.82, 2.24) is 4.90 Å². The van der Waals surface area contributed by atoms with Crippen LogP contribution in [-0.2, 0) is 4.79 Å². The van der Waals surface area contributed by atoms with Crippen molar-refractivity contribution in [1.29, 1.82) is 10.5 Å². The van der Waals surface area contributed by atoms with Crippen LogP contribution in [0.3, 0.4) is 0 Å². The van der Waals surface area contributed by atoms with Crippen molar-refractivity contribution in [2.75, 3.05) is 25.0 Å². The van der Waals surface area contributed by atoms with Gasteiger partial charge >= 0.3 is 0 Å². The maximum atomic E-state index is 12.4.